The van der Waals surface area contributed by atoms with Crippen LogP contribution in [0.3, 0.4) is 0 Å². The Bertz CT molecular complexity index is 1210. The third-order valence-corrected chi connectivity index (χ3v) is 5.50. The molecule has 4 nitrogen and oxygen atoms in total. The summed E-state index contributed by atoms with van der Waals surface area (Å²) in [5.41, 5.74) is 3.73. The first-order valence-corrected chi connectivity index (χ1v) is 9.85. The lowest BCUT2D eigenvalue weighted by molar-refractivity contribution is 0.807. The zero-order valence-corrected chi connectivity index (χ0v) is 16.0. The summed E-state index contributed by atoms with van der Waals surface area (Å²) >= 11 is 0. The number of fused-ring (bicyclic) bond motifs is 1. The molecule has 1 saturated carbocycles. The molecule has 0 saturated heterocycles. The molecule has 1 N–H and O–H groups in total. The largest absolute Gasteiger partial charge is 0.365 e. The van der Waals surface area contributed by atoms with Gasteiger partial charge < -0.3 is 5.32 Å². The van der Waals surface area contributed by atoms with Gasteiger partial charge in [-0.2, -0.15) is 5.26 Å². The summed E-state index contributed by atoms with van der Waals surface area (Å²) in [6.45, 7) is 0.662. The predicted molar refractivity (Wildman–Crippen MR) is 115 cm³/mol. The van der Waals surface area contributed by atoms with Gasteiger partial charge in [0, 0.05) is 6.54 Å². The van der Waals surface area contributed by atoms with Gasteiger partial charge in [-0.3, -0.25) is 0 Å². The van der Waals surface area contributed by atoms with Gasteiger partial charge in [0.15, 0.2) is 5.82 Å². The van der Waals surface area contributed by atoms with Gasteiger partial charge >= 0.3 is 0 Å². The Kier molecular flexibility index (Phi) is 4.22. The van der Waals surface area contributed by atoms with E-state index in [0.29, 0.717) is 12.4 Å². The van der Waals surface area contributed by atoms with Crippen molar-refractivity contribution >= 4 is 16.7 Å². The minimum Gasteiger partial charge on any atom is -0.365 e. The van der Waals surface area contributed by atoms with Crippen LogP contribution in [-0.2, 0) is 12.0 Å². The first kappa shape index (κ1) is 17.4. The molecular formula is C25H20N4. The van der Waals surface area contributed by atoms with Crippen LogP contribution in [0.1, 0.15) is 24.2 Å². The molecule has 0 spiro atoms. The number of nitrogens with one attached hydrogen (secondary N) is 1. The van der Waals surface area contributed by atoms with E-state index in [9.17, 15) is 5.26 Å². The van der Waals surface area contributed by atoms with Gasteiger partial charge in [-0.05, 0) is 35.6 Å². The highest BCUT2D eigenvalue weighted by Gasteiger charge is 2.48. The second kappa shape index (κ2) is 7.03. The van der Waals surface area contributed by atoms with E-state index in [1.807, 2.05) is 48.5 Å². The van der Waals surface area contributed by atoms with Gasteiger partial charge in [0.25, 0.3) is 0 Å². The lowest BCUT2D eigenvalue weighted by atomic mass is 10.00. The highest BCUT2D eigenvalue weighted by Crippen LogP contribution is 2.47. The fourth-order valence-electron chi connectivity index (χ4n) is 3.68. The van der Waals surface area contributed by atoms with Crippen LogP contribution in [0.2, 0.25) is 0 Å². The van der Waals surface area contributed by atoms with E-state index >= 15 is 0 Å². The molecular weight excluding hydrogens is 356 g/mol. The van der Waals surface area contributed by atoms with E-state index in [4.69, 9.17) is 9.97 Å². The molecule has 0 aliphatic heterocycles. The van der Waals surface area contributed by atoms with Gasteiger partial charge in [0.2, 0.25) is 0 Å². The maximum absolute atomic E-state index is 9.66. The van der Waals surface area contributed by atoms with Crippen molar-refractivity contribution in [2.45, 2.75) is 24.8 Å². The molecule has 1 heterocycles. The molecule has 4 heteroatoms. The van der Waals surface area contributed by atoms with Gasteiger partial charge in [-0.1, -0.05) is 72.8 Å². The van der Waals surface area contributed by atoms with Gasteiger partial charge in [0.1, 0.15) is 11.2 Å². The van der Waals surface area contributed by atoms with E-state index in [-0.39, 0.29) is 0 Å². The Balaban J connectivity index is 1.67. The molecule has 1 aromatic heterocycles. The number of aromatic nitrogens is 2. The molecule has 1 fully saturated rings. The Morgan fingerprint density at radius 3 is 2.28 bits per heavy atom. The molecule has 0 unspecified atom stereocenters. The molecule has 0 bridgehead atoms. The van der Waals surface area contributed by atoms with Crippen LogP contribution in [-0.4, -0.2) is 9.97 Å². The molecule has 29 heavy (non-hydrogen) atoms. The standard InChI is InChI=1S/C25H20N4/c26-17-25(14-15-25)24-28-21-13-7-12-20(19-10-5-2-6-11-19)22(21)23(29-24)27-16-18-8-3-1-4-9-18/h1-13H,14-16H2,(H,27,28,29). The second-order valence-electron chi connectivity index (χ2n) is 7.49. The van der Waals surface area contributed by atoms with E-state index in [0.717, 1.165) is 40.7 Å². The molecule has 1 aliphatic carbocycles. The fourth-order valence-corrected chi connectivity index (χ4v) is 3.68. The summed E-state index contributed by atoms with van der Waals surface area (Å²) in [4.78, 5) is 9.67. The number of hydrogen-bond donors (Lipinski definition) is 1. The molecule has 0 amide bonds. The quantitative estimate of drug-likeness (QED) is 0.502. The zero-order chi connectivity index (χ0) is 19.7. The summed E-state index contributed by atoms with van der Waals surface area (Å²) in [6.07, 6.45) is 1.65. The summed E-state index contributed by atoms with van der Waals surface area (Å²) in [5.74, 6) is 1.42. The minimum atomic E-state index is -0.528. The van der Waals surface area contributed by atoms with Crippen molar-refractivity contribution < 1.29 is 0 Å². The third-order valence-electron chi connectivity index (χ3n) is 5.50. The molecule has 140 valence electrons. The average molecular weight is 376 g/mol. The monoisotopic (exact) mass is 376 g/mol. The van der Waals surface area contributed by atoms with Gasteiger partial charge in [-0.15, -0.1) is 0 Å². The number of hydrogen-bond acceptors (Lipinski definition) is 4. The SMILES string of the molecule is N#CC1(c2nc(NCc3ccccc3)c3c(-c4ccccc4)cccc3n2)CC1. The number of nitriles is 1. The third kappa shape index (κ3) is 3.21. The number of benzene rings is 3. The maximum atomic E-state index is 9.66. The lowest BCUT2D eigenvalue weighted by Gasteiger charge is -2.15. The van der Waals surface area contributed by atoms with Crippen molar-refractivity contribution in [3.63, 3.8) is 0 Å². The lowest BCUT2D eigenvalue weighted by Crippen LogP contribution is -2.12. The van der Waals surface area contributed by atoms with Crippen LogP contribution in [0.25, 0.3) is 22.0 Å². The van der Waals surface area contributed by atoms with Crippen LogP contribution >= 0.6 is 0 Å². The van der Waals surface area contributed by atoms with Crippen LogP contribution in [0.15, 0.2) is 78.9 Å². The van der Waals surface area contributed by atoms with Crippen molar-refractivity contribution in [1.29, 1.82) is 5.26 Å². The average Bonchev–Trinajstić information content (AvgIpc) is 3.59. The minimum absolute atomic E-state index is 0.528. The highest BCUT2D eigenvalue weighted by atomic mass is 15.0. The van der Waals surface area contributed by atoms with E-state index in [1.165, 1.54) is 5.56 Å². The number of nitrogens with zero attached hydrogens (tertiary/aromatic N) is 3. The second-order valence-corrected chi connectivity index (χ2v) is 7.49. The maximum Gasteiger partial charge on any atom is 0.151 e. The normalized spacial score (nSPS) is 14.3. The Labute approximate surface area is 169 Å². The number of rotatable bonds is 5. The first-order chi connectivity index (χ1) is 14.3. The summed E-state index contributed by atoms with van der Waals surface area (Å²) in [5, 5.41) is 14.2. The summed E-state index contributed by atoms with van der Waals surface area (Å²) < 4.78 is 0. The fraction of sp³-hybridized carbons (Fsp3) is 0.160. The van der Waals surface area contributed by atoms with Crippen molar-refractivity contribution in [3.8, 4) is 17.2 Å². The molecule has 4 aromatic rings. The van der Waals surface area contributed by atoms with Crippen LogP contribution < -0.4 is 5.32 Å². The first-order valence-electron chi connectivity index (χ1n) is 9.85. The smallest absolute Gasteiger partial charge is 0.151 e. The molecule has 0 atom stereocenters. The Morgan fingerprint density at radius 1 is 0.862 bits per heavy atom. The van der Waals surface area contributed by atoms with Crippen LogP contribution in [0, 0.1) is 11.3 Å². The van der Waals surface area contributed by atoms with Gasteiger partial charge in [-0.25, -0.2) is 9.97 Å². The van der Waals surface area contributed by atoms with Crippen molar-refractivity contribution in [1.82, 2.24) is 9.97 Å². The topological polar surface area (TPSA) is 61.6 Å². The van der Waals surface area contributed by atoms with Crippen LogP contribution in [0.4, 0.5) is 5.82 Å². The zero-order valence-electron chi connectivity index (χ0n) is 16.0. The Hall–Kier alpha value is -3.71. The van der Waals surface area contributed by atoms with Crippen molar-refractivity contribution in [2.24, 2.45) is 0 Å². The Morgan fingerprint density at radius 2 is 1.59 bits per heavy atom. The molecule has 1 aliphatic rings. The highest BCUT2D eigenvalue weighted by molar-refractivity contribution is 6.01. The summed E-state index contributed by atoms with van der Waals surface area (Å²) in [6, 6.07) is 29.1. The number of anilines is 1. The predicted octanol–water partition coefficient (Wildman–Crippen LogP) is 5.46. The van der Waals surface area contributed by atoms with E-state index < -0.39 is 5.41 Å². The molecule has 0 radical (unpaired) electrons. The van der Waals surface area contributed by atoms with Crippen LogP contribution in [0.5, 0.6) is 0 Å². The molecule has 5 rings (SSSR count). The van der Waals surface area contributed by atoms with Crippen molar-refractivity contribution in [2.75, 3.05) is 5.32 Å². The van der Waals surface area contributed by atoms with E-state index in [1.54, 1.807) is 0 Å². The van der Waals surface area contributed by atoms with Crippen molar-refractivity contribution in [3.05, 3.63) is 90.3 Å². The summed E-state index contributed by atoms with van der Waals surface area (Å²) in [7, 11) is 0. The van der Waals surface area contributed by atoms with E-state index in [2.05, 4.69) is 41.7 Å². The van der Waals surface area contributed by atoms with Gasteiger partial charge in [0.05, 0.1) is 17.0 Å². The molecule has 3 aromatic carbocycles.